The molecule has 5 heteroatoms. The van der Waals surface area contributed by atoms with Crippen molar-refractivity contribution in [3.63, 3.8) is 0 Å². The maximum Gasteiger partial charge on any atom is 0.317 e. The van der Waals surface area contributed by atoms with Crippen molar-refractivity contribution >= 4 is 5.97 Å². The van der Waals surface area contributed by atoms with Crippen LogP contribution in [0.25, 0.3) is 0 Å². The van der Waals surface area contributed by atoms with E-state index in [4.69, 9.17) is 0 Å². The van der Waals surface area contributed by atoms with Crippen LogP contribution in [-0.4, -0.2) is 13.1 Å². The van der Waals surface area contributed by atoms with Crippen molar-refractivity contribution in [2.24, 2.45) is 0 Å². The Morgan fingerprint density at radius 1 is 1.38 bits per heavy atom. The lowest BCUT2D eigenvalue weighted by Gasteiger charge is -1.96. The molecule has 0 spiro atoms. The van der Waals surface area contributed by atoms with Crippen molar-refractivity contribution in [2.45, 2.75) is 6.42 Å². The largest absolute Gasteiger partial charge is 0.468 e. The quantitative estimate of drug-likeness (QED) is 0.417. The molecule has 2 nitrogen and oxygen atoms in total. The Bertz CT molecular complexity index is 472. The zero-order chi connectivity index (χ0) is 12.1. The Balaban J connectivity index is 2.92. The molecular formula is C11H7F3O2. The summed E-state index contributed by atoms with van der Waals surface area (Å²) in [6, 6.07) is 1.17. The van der Waals surface area contributed by atoms with E-state index in [0.29, 0.717) is 6.07 Å². The molecule has 1 aromatic rings. The van der Waals surface area contributed by atoms with Crippen molar-refractivity contribution < 1.29 is 22.7 Å². The molecule has 0 aliphatic carbocycles. The maximum atomic E-state index is 13.0. The zero-order valence-electron chi connectivity index (χ0n) is 8.31. The number of benzene rings is 1. The maximum absolute atomic E-state index is 13.0. The second-order valence-corrected chi connectivity index (χ2v) is 2.80. The molecule has 0 aliphatic heterocycles. The van der Waals surface area contributed by atoms with Gasteiger partial charge >= 0.3 is 5.97 Å². The van der Waals surface area contributed by atoms with Crippen molar-refractivity contribution in [2.75, 3.05) is 7.11 Å². The van der Waals surface area contributed by atoms with Gasteiger partial charge in [0.2, 0.25) is 0 Å². The first-order valence-corrected chi connectivity index (χ1v) is 4.25. The minimum absolute atomic E-state index is 0.270. The fourth-order valence-electron chi connectivity index (χ4n) is 0.931. The fourth-order valence-corrected chi connectivity index (χ4v) is 0.931. The highest BCUT2D eigenvalue weighted by Gasteiger charge is 2.08. The van der Waals surface area contributed by atoms with Crippen molar-refractivity contribution in [3.8, 4) is 11.8 Å². The molecule has 1 aromatic carbocycles. The van der Waals surface area contributed by atoms with Crippen LogP contribution < -0.4 is 0 Å². The molecule has 0 unspecified atom stereocenters. The first-order valence-electron chi connectivity index (χ1n) is 4.25. The molecule has 84 valence electrons. The minimum Gasteiger partial charge on any atom is -0.468 e. The van der Waals surface area contributed by atoms with Crippen LogP contribution >= 0.6 is 0 Å². The molecule has 0 N–H and O–H groups in total. The van der Waals surface area contributed by atoms with Crippen LogP contribution in [0.5, 0.6) is 0 Å². The molecule has 0 bridgehead atoms. The molecule has 0 saturated carbocycles. The molecule has 0 aliphatic rings. The third-order valence-electron chi connectivity index (χ3n) is 1.68. The number of rotatable bonds is 1. The van der Waals surface area contributed by atoms with Gasteiger partial charge in [-0.3, -0.25) is 4.79 Å². The summed E-state index contributed by atoms with van der Waals surface area (Å²) < 4.78 is 42.7. The van der Waals surface area contributed by atoms with Crippen molar-refractivity contribution in [3.05, 3.63) is 35.1 Å². The van der Waals surface area contributed by atoms with Crippen LogP contribution in [0.15, 0.2) is 12.1 Å². The third kappa shape index (κ3) is 3.02. The number of hydrogen-bond donors (Lipinski definition) is 0. The van der Waals surface area contributed by atoms with Gasteiger partial charge in [-0.05, 0) is 6.07 Å². The van der Waals surface area contributed by atoms with Crippen LogP contribution in [0.4, 0.5) is 13.2 Å². The summed E-state index contributed by atoms with van der Waals surface area (Å²) in [5, 5.41) is 0. The van der Waals surface area contributed by atoms with E-state index in [2.05, 4.69) is 16.6 Å². The summed E-state index contributed by atoms with van der Waals surface area (Å²) >= 11 is 0. The van der Waals surface area contributed by atoms with E-state index in [-0.39, 0.29) is 6.42 Å². The van der Waals surface area contributed by atoms with Crippen LogP contribution in [0.2, 0.25) is 0 Å². The monoisotopic (exact) mass is 228 g/mol. The predicted octanol–water partition coefficient (Wildman–Crippen LogP) is 2.02. The molecule has 0 radical (unpaired) electrons. The molecule has 0 amide bonds. The Morgan fingerprint density at radius 2 is 2.06 bits per heavy atom. The van der Waals surface area contributed by atoms with E-state index in [0.717, 1.165) is 6.07 Å². The standard InChI is InChI=1S/C11H7F3O2/c1-16-10(15)4-2-3-7-5-8(12)6-9(13)11(7)14/h5-6H,4H2,1H3. The molecule has 1 rings (SSSR count). The zero-order valence-corrected chi connectivity index (χ0v) is 8.31. The van der Waals surface area contributed by atoms with Gasteiger partial charge in [-0.25, -0.2) is 13.2 Å². The molecular weight excluding hydrogens is 221 g/mol. The first kappa shape index (κ1) is 12.1. The molecule has 0 saturated heterocycles. The van der Waals surface area contributed by atoms with Gasteiger partial charge in [0.05, 0.1) is 12.7 Å². The van der Waals surface area contributed by atoms with E-state index in [1.165, 1.54) is 7.11 Å². The number of carbonyl (C=O) groups excluding carboxylic acids is 1. The Hall–Kier alpha value is -1.96. The van der Waals surface area contributed by atoms with Gasteiger partial charge in [-0.1, -0.05) is 11.8 Å². The van der Waals surface area contributed by atoms with E-state index >= 15 is 0 Å². The lowest BCUT2D eigenvalue weighted by molar-refractivity contribution is -0.139. The average molecular weight is 228 g/mol. The van der Waals surface area contributed by atoms with E-state index in [1.54, 1.807) is 0 Å². The van der Waals surface area contributed by atoms with Crippen LogP contribution in [0.3, 0.4) is 0 Å². The number of hydrogen-bond acceptors (Lipinski definition) is 2. The SMILES string of the molecule is COC(=O)CC#Cc1cc(F)cc(F)c1F. The molecule has 0 aromatic heterocycles. The summed E-state index contributed by atoms with van der Waals surface area (Å²) in [5.41, 5.74) is -0.429. The molecule has 0 atom stereocenters. The molecule has 16 heavy (non-hydrogen) atoms. The third-order valence-corrected chi connectivity index (χ3v) is 1.68. The fraction of sp³-hybridized carbons (Fsp3) is 0.182. The van der Waals surface area contributed by atoms with Gasteiger partial charge in [-0.2, -0.15) is 0 Å². The summed E-state index contributed by atoms with van der Waals surface area (Å²) in [6.07, 6.45) is -0.270. The summed E-state index contributed by atoms with van der Waals surface area (Å²) in [6.45, 7) is 0. The summed E-state index contributed by atoms with van der Waals surface area (Å²) in [7, 11) is 1.17. The number of methoxy groups -OCH3 is 1. The van der Waals surface area contributed by atoms with Gasteiger partial charge in [0.1, 0.15) is 12.2 Å². The van der Waals surface area contributed by atoms with Crippen LogP contribution in [-0.2, 0) is 9.53 Å². The second-order valence-electron chi connectivity index (χ2n) is 2.80. The summed E-state index contributed by atoms with van der Waals surface area (Å²) in [5.74, 6) is 0.313. The molecule has 0 fully saturated rings. The van der Waals surface area contributed by atoms with Gasteiger partial charge < -0.3 is 4.74 Å². The smallest absolute Gasteiger partial charge is 0.317 e. The van der Waals surface area contributed by atoms with Gasteiger partial charge in [0.15, 0.2) is 11.6 Å². The molecule has 0 heterocycles. The van der Waals surface area contributed by atoms with Gasteiger partial charge in [0, 0.05) is 6.07 Å². The van der Waals surface area contributed by atoms with Gasteiger partial charge in [0.25, 0.3) is 0 Å². The predicted molar refractivity (Wildman–Crippen MR) is 49.8 cm³/mol. The average Bonchev–Trinajstić information content (AvgIpc) is 2.24. The van der Waals surface area contributed by atoms with Crippen LogP contribution in [0, 0.1) is 29.3 Å². The Kier molecular flexibility index (Phi) is 3.95. The van der Waals surface area contributed by atoms with Crippen molar-refractivity contribution in [1.82, 2.24) is 0 Å². The number of ether oxygens (including phenoxy) is 1. The number of halogens is 3. The highest BCUT2D eigenvalue weighted by Crippen LogP contribution is 2.12. The highest BCUT2D eigenvalue weighted by molar-refractivity contribution is 5.72. The van der Waals surface area contributed by atoms with E-state index in [1.807, 2.05) is 0 Å². The lowest BCUT2D eigenvalue weighted by atomic mass is 10.2. The minimum atomic E-state index is -1.32. The Morgan fingerprint density at radius 3 is 2.69 bits per heavy atom. The van der Waals surface area contributed by atoms with Crippen molar-refractivity contribution in [1.29, 1.82) is 0 Å². The normalized spacial score (nSPS) is 9.25. The topological polar surface area (TPSA) is 26.3 Å². The number of esters is 1. The van der Waals surface area contributed by atoms with E-state index in [9.17, 15) is 18.0 Å². The van der Waals surface area contributed by atoms with Crippen LogP contribution in [0.1, 0.15) is 12.0 Å². The summed E-state index contributed by atoms with van der Waals surface area (Å²) in [4.78, 5) is 10.7. The second kappa shape index (κ2) is 5.21. The Labute approximate surface area is 90.0 Å². The van der Waals surface area contributed by atoms with Gasteiger partial charge in [-0.15, -0.1) is 0 Å². The first-order chi connectivity index (χ1) is 7.54. The van der Waals surface area contributed by atoms with E-state index < -0.39 is 29.0 Å². The lowest BCUT2D eigenvalue weighted by Crippen LogP contribution is -1.97. The highest BCUT2D eigenvalue weighted by atomic mass is 19.2. The number of carbonyl (C=O) groups is 1.